The molecule has 0 aliphatic heterocycles. The fraction of sp³-hybridized carbons (Fsp3) is 0. The molecule has 0 atom stereocenters. The molecule has 0 spiro atoms. The highest BCUT2D eigenvalue weighted by atomic mass is 127. The lowest BCUT2D eigenvalue weighted by atomic mass is 10.3. The molecule has 2 aromatic rings. The van der Waals surface area contributed by atoms with E-state index in [4.69, 9.17) is 0 Å². The molecule has 2 rings (SSSR count). The summed E-state index contributed by atoms with van der Waals surface area (Å²) in [6.45, 7) is 0. The van der Waals surface area contributed by atoms with Crippen LogP contribution in [0.3, 0.4) is 0 Å². The summed E-state index contributed by atoms with van der Waals surface area (Å²) in [5.41, 5.74) is -1.23. The Kier molecular flexibility index (Phi) is 4.22. The van der Waals surface area contributed by atoms with E-state index >= 15 is 0 Å². The molecule has 0 heterocycles. The van der Waals surface area contributed by atoms with Crippen molar-refractivity contribution >= 4 is 38.2 Å². The van der Waals surface area contributed by atoms with Crippen LogP contribution in [0.15, 0.2) is 36.4 Å². The van der Waals surface area contributed by atoms with Crippen molar-refractivity contribution < 1.29 is 17.6 Å². The van der Waals surface area contributed by atoms with Gasteiger partial charge in [0.25, 0.3) is 0 Å². The van der Waals surface area contributed by atoms with E-state index < -0.39 is 28.8 Å². The zero-order valence-electron chi connectivity index (χ0n) is 8.80. The van der Waals surface area contributed by atoms with Crippen LogP contribution in [0.25, 0.3) is 0 Å². The molecule has 0 saturated heterocycles. The van der Waals surface area contributed by atoms with Crippen LogP contribution in [0.1, 0.15) is 0 Å². The van der Waals surface area contributed by atoms with E-state index in [1.54, 1.807) is 0 Å². The summed E-state index contributed by atoms with van der Waals surface area (Å²) in [6, 6.07) is 6.20. The van der Waals surface area contributed by atoms with E-state index in [2.05, 4.69) is 0 Å². The van der Waals surface area contributed by atoms with Crippen molar-refractivity contribution in [2.45, 2.75) is 0 Å². The van der Waals surface area contributed by atoms with Gasteiger partial charge in [-0.15, -0.1) is 0 Å². The van der Waals surface area contributed by atoms with Crippen LogP contribution in [0.2, 0.25) is 0 Å². The highest BCUT2D eigenvalue weighted by molar-refractivity contribution is 14.2. The van der Waals surface area contributed by atoms with Gasteiger partial charge < -0.3 is 0 Å². The summed E-state index contributed by atoms with van der Waals surface area (Å²) in [7, 11) is 0. The molecule has 0 N–H and O–H groups in total. The minimum atomic E-state index is -1.23. The molecule has 0 aliphatic carbocycles. The van der Waals surface area contributed by atoms with Gasteiger partial charge in [0.05, 0.1) is 0 Å². The van der Waals surface area contributed by atoms with Crippen molar-refractivity contribution in [2.75, 3.05) is 0 Å². The quantitative estimate of drug-likeness (QED) is 0.417. The van der Waals surface area contributed by atoms with Crippen molar-refractivity contribution in [3.05, 3.63) is 59.7 Å². The lowest BCUT2D eigenvalue weighted by Crippen LogP contribution is -2.10. The summed E-state index contributed by atoms with van der Waals surface area (Å²) >= 11 is 1.94. The standard InChI is InChI=1S/C12H6F4IP/c13-7-1-8(14)4-11(3-7)18(17)12-5-9(15)2-10(16)6-12/h1-6H. The SMILES string of the molecule is Fc1cc(F)cc(P(I)c2cc(F)cc(F)c2)c1. The van der Waals surface area contributed by atoms with Gasteiger partial charge in [-0.05, 0) is 56.9 Å². The van der Waals surface area contributed by atoms with E-state index in [9.17, 15) is 17.6 Å². The minimum Gasteiger partial charge on any atom is -0.207 e. The van der Waals surface area contributed by atoms with Crippen LogP contribution in [0.4, 0.5) is 17.6 Å². The van der Waals surface area contributed by atoms with E-state index in [0.29, 0.717) is 10.6 Å². The zero-order valence-corrected chi connectivity index (χ0v) is 11.9. The highest BCUT2D eigenvalue weighted by Gasteiger charge is 2.14. The monoisotopic (exact) mass is 384 g/mol. The number of halogens is 5. The first-order chi connectivity index (χ1) is 8.45. The fourth-order valence-corrected chi connectivity index (χ4v) is 4.37. The number of hydrogen-bond acceptors (Lipinski definition) is 0. The number of benzene rings is 2. The predicted molar refractivity (Wildman–Crippen MR) is 72.9 cm³/mol. The molecule has 18 heavy (non-hydrogen) atoms. The lowest BCUT2D eigenvalue weighted by Gasteiger charge is -2.11. The topological polar surface area (TPSA) is 0 Å². The van der Waals surface area contributed by atoms with Crippen molar-refractivity contribution in [3.8, 4) is 0 Å². The van der Waals surface area contributed by atoms with Crippen LogP contribution >= 0.6 is 27.6 Å². The molecular formula is C12H6F4IP. The van der Waals surface area contributed by atoms with Gasteiger partial charge in [0.15, 0.2) is 0 Å². The van der Waals surface area contributed by atoms with Crippen LogP contribution in [0.5, 0.6) is 0 Å². The summed E-state index contributed by atoms with van der Waals surface area (Å²) in [6.07, 6.45) is 0. The second-order valence-corrected chi connectivity index (χ2v) is 8.03. The molecule has 0 fully saturated rings. The predicted octanol–water partition coefficient (Wildman–Crippen LogP) is 4.03. The van der Waals surface area contributed by atoms with Crippen LogP contribution in [0, 0.1) is 23.3 Å². The molecule has 0 radical (unpaired) electrons. The van der Waals surface area contributed by atoms with Crippen molar-refractivity contribution in [3.63, 3.8) is 0 Å². The summed E-state index contributed by atoms with van der Waals surface area (Å²) in [5.74, 6) is -2.81. The largest absolute Gasteiger partial charge is 0.207 e. The van der Waals surface area contributed by atoms with Gasteiger partial charge in [-0.25, -0.2) is 17.6 Å². The maximum absolute atomic E-state index is 13.1. The van der Waals surface area contributed by atoms with Gasteiger partial charge in [0, 0.05) is 17.7 Å². The Balaban J connectivity index is 2.43. The maximum Gasteiger partial charge on any atom is 0.126 e. The maximum atomic E-state index is 13.1. The molecule has 0 saturated carbocycles. The van der Waals surface area contributed by atoms with Crippen molar-refractivity contribution in [1.82, 2.24) is 0 Å². The smallest absolute Gasteiger partial charge is 0.126 e. The molecule has 0 aliphatic rings. The van der Waals surface area contributed by atoms with Gasteiger partial charge in [0.2, 0.25) is 0 Å². The first-order valence-electron chi connectivity index (χ1n) is 4.84. The fourth-order valence-electron chi connectivity index (χ4n) is 1.45. The second-order valence-electron chi connectivity index (χ2n) is 3.54. The van der Waals surface area contributed by atoms with Gasteiger partial charge in [-0.3, -0.25) is 0 Å². The van der Waals surface area contributed by atoms with Crippen molar-refractivity contribution in [2.24, 2.45) is 0 Å². The Bertz CT molecular complexity index is 496. The van der Waals surface area contributed by atoms with Gasteiger partial charge in [0.1, 0.15) is 23.3 Å². The summed E-state index contributed by atoms with van der Waals surface area (Å²) < 4.78 is 52.3. The van der Waals surface area contributed by atoms with Crippen LogP contribution in [-0.2, 0) is 0 Å². The molecule has 2 aromatic carbocycles. The van der Waals surface area contributed by atoms with Crippen molar-refractivity contribution in [1.29, 1.82) is 0 Å². The second kappa shape index (κ2) is 5.53. The molecule has 0 nitrogen and oxygen atoms in total. The molecule has 0 amide bonds. The minimum absolute atomic E-state index is 0.383. The van der Waals surface area contributed by atoms with E-state index in [1.165, 1.54) is 24.3 Å². The average Bonchev–Trinajstić information content (AvgIpc) is 2.25. The molecular weight excluding hydrogens is 378 g/mol. The number of hydrogen-bond donors (Lipinski definition) is 0. The highest BCUT2D eigenvalue weighted by Crippen LogP contribution is 2.43. The Morgan fingerprint density at radius 2 is 0.889 bits per heavy atom. The Labute approximate surface area is 115 Å². The zero-order chi connectivity index (χ0) is 13.3. The van der Waals surface area contributed by atoms with E-state index in [1.807, 2.05) is 22.0 Å². The molecule has 0 unspecified atom stereocenters. The van der Waals surface area contributed by atoms with E-state index in [-0.39, 0.29) is 0 Å². The third-order valence-electron chi connectivity index (χ3n) is 2.15. The Hall–Kier alpha value is -0.680. The molecule has 6 heteroatoms. The van der Waals surface area contributed by atoms with Crippen LogP contribution in [-0.4, -0.2) is 0 Å². The third-order valence-corrected chi connectivity index (χ3v) is 6.91. The summed E-state index contributed by atoms with van der Waals surface area (Å²) in [5, 5.41) is 0.765. The molecule has 0 aromatic heterocycles. The number of rotatable bonds is 2. The molecule has 94 valence electrons. The first-order valence-corrected chi connectivity index (χ1v) is 8.96. The van der Waals surface area contributed by atoms with E-state index in [0.717, 1.165) is 12.1 Å². The molecule has 0 bridgehead atoms. The first kappa shape index (κ1) is 13.7. The third kappa shape index (κ3) is 3.20. The van der Waals surface area contributed by atoms with Gasteiger partial charge >= 0.3 is 0 Å². The van der Waals surface area contributed by atoms with Gasteiger partial charge in [-0.1, -0.05) is 0 Å². The van der Waals surface area contributed by atoms with Gasteiger partial charge in [-0.2, -0.15) is 0 Å². The summed E-state index contributed by atoms with van der Waals surface area (Å²) in [4.78, 5) is 0. The van der Waals surface area contributed by atoms with Crippen LogP contribution < -0.4 is 10.6 Å². The Morgan fingerprint density at radius 3 is 1.17 bits per heavy atom. The lowest BCUT2D eigenvalue weighted by molar-refractivity contribution is 0.585. The normalized spacial score (nSPS) is 11.0. The average molecular weight is 384 g/mol. The Morgan fingerprint density at radius 1 is 0.611 bits per heavy atom.